The lowest BCUT2D eigenvalue weighted by Crippen LogP contribution is -2.12. The first-order valence-corrected chi connectivity index (χ1v) is 6.03. The van der Waals surface area contributed by atoms with Gasteiger partial charge in [0, 0.05) is 5.56 Å². The van der Waals surface area contributed by atoms with Crippen molar-refractivity contribution in [2.45, 2.75) is 6.18 Å². The Morgan fingerprint density at radius 3 is 2.25 bits per heavy atom. The van der Waals surface area contributed by atoms with Crippen molar-refractivity contribution in [1.29, 1.82) is 5.41 Å². The molecule has 0 saturated carbocycles. The van der Waals surface area contributed by atoms with E-state index in [9.17, 15) is 13.2 Å². The Morgan fingerprint density at radius 2 is 1.70 bits per heavy atom. The largest absolute Gasteiger partial charge is 0.416 e. The number of hydrogen-bond donors (Lipinski definition) is 2. The van der Waals surface area contributed by atoms with Gasteiger partial charge in [-0.05, 0) is 18.2 Å². The molecule has 0 spiro atoms. The lowest BCUT2D eigenvalue weighted by atomic mass is 10.1. The molecule has 0 unspecified atom stereocenters. The van der Waals surface area contributed by atoms with E-state index < -0.39 is 11.7 Å². The van der Waals surface area contributed by atoms with Crippen molar-refractivity contribution in [3.63, 3.8) is 0 Å². The maximum atomic E-state index is 12.5. The number of benzene rings is 2. The normalized spacial score (nSPS) is 11.2. The summed E-state index contributed by atoms with van der Waals surface area (Å²) in [7, 11) is 0. The molecule has 2 N–H and O–H groups in total. The van der Waals surface area contributed by atoms with Crippen LogP contribution in [0.2, 0.25) is 5.02 Å². The minimum absolute atomic E-state index is 0.0623. The second kappa shape index (κ2) is 5.54. The van der Waals surface area contributed by atoms with E-state index in [1.54, 1.807) is 24.3 Å². The number of alkyl halides is 3. The average molecular weight is 299 g/mol. The number of anilines is 1. The first-order valence-electron chi connectivity index (χ1n) is 5.65. The topological polar surface area (TPSA) is 35.9 Å². The molecule has 2 aromatic carbocycles. The molecule has 0 aliphatic carbocycles. The average Bonchev–Trinajstić information content (AvgIpc) is 2.41. The summed E-state index contributed by atoms with van der Waals surface area (Å²) in [6, 6.07) is 11.7. The van der Waals surface area contributed by atoms with E-state index in [1.807, 2.05) is 6.07 Å². The minimum atomic E-state index is -4.44. The van der Waals surface area contributed by atoms with Gasteiger partial charge in [0.05, 0.1) is 16.3 Å². The van der Waals surface area contributed by atoms with Crippen LogP contribution in [0.15, 0.2) is 48.5 Å². The zero-order valence-corrected chi connectivity index (χ0v) is 10.9. The Kier molecular flexibility index (Phi) is 3.99. The highest BCUT2D eigenvalue weighted by Gasteiger charge is 2.30. The lowest BCUT2D eigenvalue weighted by Gasteiger charge is -2.12. The van der Waals surface area contributed by atoms with Gasteiger partial charge in [0.2, 0.25) is 0 Å². The molecule has 2 aromatic rings. The molecule has 0 amide bonds. The highest BCUT2D eigenvalue weighted by molar-refractivity contribution is 6.34. The van der Waals surface area contributed by atoms with Gasteiger partial charge in [-0.3, -0.25) is 5.41 Å². The SMILES string of the molecule is N=C(Nc1ccc(C(F)(F)F)cc1Cl)c1ccccc1. The monoisotopic (exact) mass is 298 g/mol. The fourth-order valence-electron chi connectivity index (χ4n) is 1.60. The van der Waals surface area contributed by atoms with E-state index in [0.717, 1.165) is 12.1 Å². The molecule has 0 aliphatic rings. The van der Waals surface area contributed by atoms with Crippen molar-refractivity contribution in [2.75, 3.05) is 5.32 Å². The molecular weight excluding hydrogens is 289 g/mol. The second-order valence-corrected chi connectivity index (χ2v) is 4.47. The summed E-state index contributed by atoms with van der Waals surface area (Å²) in [4.78, 5) is 0. The molecule has 0 radical (unpaired) electrons. The summed E-state index contributed by atoms with van der Waals surface area (Å²) in [5.74, 6) is 0.0623. The fraction of sp³-hybridized carbons (Fsp3) is 0.0714. The summed E-state index contributed by atoms with van der Waals surface area (Å²) in [5, 5.41) is 10.5. The first-order chi connectivity index (χ1) is 9.38. The Balaban J connectivity index is 2.21. The number of amidine groups is 1. The van der Waals surface area contributed by atoms with E-state index >= 15 is 0 Å². The first kappa shape index (κ1) is 14.4. The third-order valence-corrected chi connectivity index (χ3v) is 2.93. The number of rotatable bonds is 2. The van der Waals surface area contributed by atoms with Gasteiger partial charge < -0.3 is 5.32 Å². The Labute approximate surface area is 118 Å². The maximum absolute atomic E-state index is 12.5. The van der Waals surface area contributed by atoms with Crippen LogP contribution in [0.4, 0.5) is 18.9 Å². The van der Waals surface area contributed by atoms with Gasteiger partial charge in [-0.2, -0.15) is 13.2 Å². The Hall–Kier alpha value is -2.01. The molecule has 0 heterocycles. The van der Waals surface area contributed by atoms with Crippen LogP contribution in [0.25, 0.3) is 0 Å². The zero-order valence-electron chi connectivity index (χ0n) is 10.1. The molecule has 0 bridgehead atoms. The molecule has 0 atom stereocenters. The van der Waals surface area contributed by atoms with Crippen molar-refractivity contribution in [2.24, 2.45) is 0 Å². The third-order valence-electron chi connectivity index (χ3n) is 2.62. The van der Waals surface area contributed by atoms with Gasteiger partial charge in [-0.25, -0.2) is 0 Å². The van der Waals surface area contributed by atoms with Crippen LogP contribution in [-0.2, 0) is 6.18 Å². The van der Waals surface area contributed by atoms with Crippen LogP contribution in [0, 0.1) is 5.41 Å². The summed E-state index contributed by atoms with van der Waals surface area (Å²) in [6.07, 6.45) is -4.44. The maximum Gasteiger partial charge on any atom is 0.416 e. The molecule has 104 valence electrons. The molecule has 0 aromatic heterocycles. The summed E-state index contributed by atoms with van der Waals surface area (Å²) >= 11 is 5.81. The fourth-order valence-corrected chi connectivity index (χ4v) is 1.83. The van der Waals surface area contributed by atoms with Crippen LogP contribution < -0.4 is 5.32 Å². The lowest BCUT2D eigenvalue weighted by molar-refractivity contribution is -0.137. The molecular formula is C14H10ClF3N2. The van der Waals surface area contributed by atoms with Crippen LogP contribution in [0.5, 0.6) is 0 Å². The van der Waals surface area contributed by atoms with Gasteiger partial charge in [0.25, 0.3) is 0 Å². The summed E-state index contributed by atoms with van der Waals surface area (Å²) < 4.78 is 37.5. The Bertz CT molecular complexity index is 624. The van der Waals surface area contributed by atoms with Gasteiger partial charge >= 0.3 is 6.18 Å². The van der Waals surface area contributed by atoms with Crippen molar-refractivity contribution in [3.05, 3.63) is 64.7 Å². The molecule has 0 aliphatic heterocycles. The predicted molar refractivity (Wildman–Crippen MR) is 73.3 cm³/mol. The van der Waals surface area contributed by atoms with Gasteiger partial charge in [0.1, 0.15) is 5.84 Å². The molecule has 20 heavy (non-hydrogen) atoms. The van der Waals surface area contributed by atoms with E-state index in [1.165, 1.54) is 6.07 Å². The van der Waals surface area contributed by atoms with E-state index in [2.05, 4.69) is 5.32 Å². The van der Waals surface area contributed by atoms with Crippen molar-refractivity contribution < 1.29 is 13.2 Å². The van der Waals surface area contributed by atoms with E-state index in [0.29, 0.717) is 5.56 Å². The molecule has 0 saturated heterocycles. The van der Waals surface area contributed by atoms with E-state index in [4.69, 9.17) is 17.0 Å². The van der Waals surface area contributed by atoms with Crippen molar-refractivity contribution >= 4 is 23.1 Å². The minimum Gasteiger partial charge on any atom is -0.339 e. The third kappa shape index (κ3) is 3.30. The molecule has 0 fully saturated rings. The van der Waals surface area contributed by atoms with Crippen molar-refractivity contribution in [1.82, 2.24) is 0 Å². The van der Waals surface area contributed by atoms with Gasteiger partial charge in [-0.1, -0.05) is 41.9 Å². The second-order valence-electron chi connectivity index (χ2n) is 4.06. The summed E-state index contributed by atoms with van der Waals surface area (Å²) in [5.41, 5.74) is 0.0521. The zero-order chi connectivity index (χ0) is 14.8. The Morgan fingerprint density at radius 1 is 1.05 bits per heavy atom. The highest BCUT2D eigenvalue weighted by atomic mass is 35.5. The highest BCUT2D eigenvalue weighted by Crippen LogP contribution is 2.33. The smallest absolute Gasteiger partial charge is 0.339 e. The number of hydrogen-bond acceptors (Lipinski definition) is 1. The van der Waals surface area contributed by atoms with Crippen LogP contribution in [0.3, 0.4) is 0 Å². The van der Waals surface area contributed by atoms with Gasteiger partial charge in [0.15, 0.2) is 0 Å². The predicted octanol–water partition coefficient (Wildman–Crippen LogP) is 4.80. The number of nitrogens with one attached hydrogen (secondary N) is 2. The molecule has 2 nitrogen and oxygen atoms in total. The standard InChI is InChI=1S/C14H10ClF3N2/c15-11-8-10(14(16,17)18)6-7-12(11)20-13(19)9-4-2-1-3-5-9/h1-8H,(H2,19,20). The van der Waals surface area contributed by atoms with Gasteiger partial charge in [-0.15, -0.1) is 0 Å². The van der Waals surface area contributed by atoms with Crippen molar-refractivity contribution in [3.8, 4) is 0 Å². The number of halogens is 4. The van der Waals surface area contributed by atoms with E-state index in [-0.39, 0.29) is 16.5 Å². The summed E-state index contributed by atoms with van der Waals surface area (Å²) in [6.45, 7) is 0. The molecule has 2 rings (SSSR count). The van der Waals surface area contributed by atoms with Crippen LogP contribution in [-0.4, -0.2) is 5.84 Å². The quantitative estimate of drug-likeness (QED) is 0.606. The van der Waals surface area contributed by atoms with Crippen LogP contribution >= 0.6 is 11.6 Å². The molecule has 6 heteroatoms. The van der Waals surface area contributed by atoms with Crippen LogP contribution in [0.1, 0.15) is 11.1 Å².